The van der Waals surface area contributed by atoms with Gasteiger partial charge in [0, 0.05) is 21.2 Å². The second-order valence-electron chi connectivity index (χ2n) is 4.34. The molecule has 0 aromatic heterocycles. The van der Waals surface area contributed by atoms with E-state index in [9.17, 15) is 4.79 Å². The van der Waals surface area contributed by atoms with Crippen LogP contribution in [0.5, 0.6) is 0 Å². The van der Waals surface area contributed by atoms with Gasteiger partial charge < -0.3 is 10.1 Å². The number of hydrogen-bond acceptors (Lipinski definition) is 4. The van der Waals surface area contributed by atoms with Crippen molar-refractivity contribution >= 4 is 51.8 Å². The van der Waals surface area contributed by atoms with Crippen molar-refractivity contribution in [2.45, 2.75) is 17.4 Å². The third kappa shape index (κ3) is 2.69. The fourth-order valence-electron chi connectivity index (χ4n) is 2.14. The third-order valence-electron chi connectivity index (χ3n) is 3.08. The number of carbonyl (C=O) groups excluding carboxylic acids is 1. The van der Waals surface area contributed by atoms with Crippen LogP contribution in [0.2, 0.25) is 0 Å². The average Bonchev–Trinajstić information content (AvgIpc) is 2.79. The first-order valence-electron chi connectivity index (χ1n) is 6.04. The van der Waals surface area contributed by atoms with E-state index in [0.29, 0.717) is 6.54 Å². The highest BCUT2D eigenvalue weighted by Gasteiger charge is 2.32. The minimum absolute atomic E-state index is 0.0164. The molecule has 1 N–H and O–H groups in total. The third-order valence-corrected chi connectivity index (χ3v) is 4.59. The van der Waals surface area contributed by atoms with Gasteiger partial charge in [0.25, 0.3) is 0 Å². The molecule has 0 radical (unpaired) electrons. The highest BCUT2D eigenvalue weighted by molar-refractivity contribution is 14.1. The quantitative estimate of drug-likeness (QED) is 0.632. The van der Waals surface area contributed by atoms with Gasteiger partial charge in [0.2, 0.25) is 0 Å². The number of benzene rings is 1. The monoisotopic (exact) mass is 388 g/mol. The summed E-state index contributed by atoms with van der Waals surface area (Å²) in [6.07, 6.45) is 2.58. The van der Waals surface area contributed by atoms with Crippen molar-refractivity contribution < 1.29 is 9.53 Å². The maximum absolute atomic E-state index is 11.9. The molecular formula is C13H13IN2O2S. The van der Waals surface area contributed by atoms with Gasteiger partial charge in [-0.25, -0.2) is 4.79 Å². The summed E-state index contributed by atoms with van der Waals surface area (Å²) in [5, 5.41) is 5.20. The lowest BCUT2D eigenvalue weighted by Crippen LogP contribution is -2.24. The maximum Gasteiger partial charge on any atom is 0.414 e. The number of alkyl halides is 1. The Balaban J connectivity index is 1.81. The summed E-state index contributed by atoms with van der Waals surface area (Å²) < 4.78 is 6.35. The highest BCUT2D eigenvalue weighted by atomic mass is 127. The zero-order chi connectivity index (χ0) is 13.2. The minimum atomic E-state index is -0.242. The van der Waals surface area contributed by atoms with E-state index >= 15 is 0 Å². The second kappa shape index (κ2) is 5.62. The van der Waals surface area contributed by atoms with Gasteiger partial charge in [-0.15, -0.1) is 0 Å². The van der Waals surface area contributed by atoms with Crippen LogP contribution in [0.15, 0.2) is 34.7 Å². The number of ether oxygens (including phenoxy) is 1. The Kier molecular flexibility index (Phi) is 3.88. The van der Waals surface area contributed by atoms with Crippen molar-refractivity contribution in [1.29, 1.82) is 0 Å². The zero-order valence-corrected chi connectivity index (χ0v) is 13.1. The number of anilines is 2. The summed E-state index contributed by atoms with van der Waals surface area (Å²) in [7, 11) is 0. The molecule has 19 heavy (non-hydrogen) atoms. The Morgan fingerprint density at radius 3 is 3.26 bits per heavy atom. The number of fused-ring (bicyclic) bond motifs is 1. The molecule has 1 saturated heterocycles. The van der Waals surface area contributed by atoms with Crippen LogP contribution in [0.3, 0.4) is 0 Å². The van der Waals surface area contributed by atoms with E-state index in [-0.39, 0.29) is 12.2 Å². The topological polar surface area (TPSA) is 41.6 Å². The van der Waals surface area contributed by atoms with Gasteiger partial charge in [-0.05, 0) is 30.0 Å². The lowest BCUT2D eigenvalue weighted by atomic mass is 10.2. The van der Waals surface area contributed by atoms with Crippen LogP contribution in [-0.4, -0.2) is 23.2 Å². The summed E-state index contributed by atoms with van der Waals surface area (Å²) in [4.78, 5) is 14.8. The predicted molar refractivity (Wildman–Crippen MR) is 86.2 cm³/mol. The molecule has 0 bridgehead atoms. The lowest BCUT2D eigenvalue weighted by Gasteiger charge is -2.17. The van der Waals surface area contributed by atoms with E-state index in [0.717, 1.165) is 22.2 Å². The average molecular weight is 388 g/mol. The summed E-state index contributed by atoms with van der Waals surface area (Å²) in [6, 6.07) is 6.00. The molecule has 2 heterocycles. The Morgan fingerprint density at radius 1 is 1.53 bits per heavy atom. The van der Waals surface area contributed by atoms with Gasteiger partial charge in [0.05, 0.1) is 12.2 Å². The molecule has 1 aromatic rings. The molecule has 1 aromatic carbocycles. The fourth-order valence-corrected chi connectivity index (χ4v) is 3.51. The molecule has 0 saturated carbocycles. The zero-order valence-electron chi connectivity index (χ0n) is 10.1. The van der Waals surface area contributed by atoms with Crippen LogP contribution in [-0.2, 0) is 4.74 Å². The van der Waals surface area contributed by atoms with Crippen LogP contribution in [0.4, 0.5) is 16.2 Å². The first-order chi connectivity index (χ1) is 9.28. The van der Waals surface area contributed by atoms with Crippen LogP contribution in [0.1, 0.15) is 6.42 Å². The van der Waals surface area contributed by atoms with Crippen molar-refractivity contribution in [3.63, 3.8) is 0 Å². The second-order valence-corrected chi connectivity index (χ2v) is 6.37. The first-order valence-corrected chi connectivity index (χ1v) is 8.45. The first kappa shape index (κ1) is 13.1. The molecule has 0 spiro atoms. The molecule has 1 fully saturated rings. The van der Waals surface area contributed by atoms with Gasteiger partial charge in [-0.3, -0.25) is 4.90 Å². The van der Waals surface area contributed by atoms with Crippen molar-refractivity contribution in [3.05, 3.63) is 29.8 Å². The number of halogens is 1. The maximum atomic E-state index is 11.9. The van der Waals surface area contributed by atoms with Gasteiger partial charge in [-0.1, -0.05) is 34.4 Å². The van der Waals surface area contributed by atoms with Crippen LogP contribution < -0.4 is 10.2 Å². The summed E-state index contributed by atoms with van der Waals surface area (Å²) in [5.41, 5.74) is 1.93. The molecule has 0 aliphatic carbocycles. The van der Waals surface area contributed by atoms with Crippen molar-refractivity contribution in [2.75, 3.05) is 21.2 Å². The SMILES string of the molecule is O=C1O[C@H](CCI)CN1c1ccc2c(c1)NC=CS2. The number of nitrogens with one attached hydrogen (secondary N) is 1. The smallest absolute Gasteiger partial charge is 0.414 e. The van der Waals surface area contributed by atoms with E-state index < -0.39 is 0 Å². The largest absolute Gasteiger partial charge is 0.444 e. The van der Waals surface area contributed by atoms with Gasteiger partial charge >= 0.3 is 6.09 Å². The molecular weight excluding hydrogens is 375 g/mol. The van der Waals surface area contributed by atoms with E-state index in [4.69, 9.17) is 4.74 Å². The van der Waals surface area contributed by atoms with Crippen LogP contribution in [0.25, 0.3) is 0 Å². The number of amides is 1. The Morgan fingerprint density at radius 2 is 2.42 bits per heavy atom. The lowest BCUT2D eigenvalue weighted by molar-refractivity contribution is 0.140. The minimum Gasteiger partial charge on any atom is -0.444 e. The van der Waals surface area contributed by atoms with Crippen LogP contribution in [0, 0.1) is 0 Å². The molecule has 6 heteroatoms. The normalized spacial score (nSPS) is 21.0. The number of nitrogens with zero attached hydrogens (tertiary/aromatic N) is 1. The highest BCUT2D eigenvalue weighted by Crippen LogP contribution is 2.35. The van der Waals surface area contributed by atoms with Crippen molar-refractivity contribution in [2.24, 2.45) is 0 Å². The summed E-state index contributed by atoms with van der Waals surface area (Å²) in [6.45, 7) is 0.642. The predicted octanol–water partition coefficient (Wildman–Crippen LogP) is 3.83. The van der Waals surface area contributed by atoms with Crippen molar-refractivity contribution in [3.8, 4) is 0 Å². The molecule has 2 aliphatic rings. The summed E-state index contributed by atoms with van der Waals surface area (Å²) in [5.74, 6) is 0. The van der Waals surface area contributed by atoms with E-state index in [1.807, 2.05) is 29.8 Å². The Hall–Kier alpha value is -0.890. The molecule has 1 atom stereocenters. The van der Waals surface area contributed by atoms with Gasteiger partial charge in [0.15, 0.2) is 0 Å². The van der Waals surface area contributed by atoms with Gasteiger partial charge in [0.1, 0.15) is 6.10 Å². The molecule has 2 aliphatic heterocycles. The number of cyclic esters (lactones) is 1. The van der Waals surface area contributed by atoms with E-state index in [1.54, 1.807) is 16.7 Å². The number of hydrogen-bond donors (Lipinski definition) is 1. The molecule has 3 rings (SSSR count). The standard InChI is InChI=1S/C13H13IN2O2S/c14-4-3-10-8-16(13(17)18-10)9-1-2-12-11(7-9)15-5-6-19-12/h1-2,5-7,10,15H,3-4,8H2/t10-/m1/s1. The molecule has 0 unspecified atom stereocenters. The Bertz CT molecular complexity index is 535. The molecule has 1 amide bonds. The Labute approximate surface area is 129 Å². The molecule has 4 nitrogen and oxygen atoms in total. The fraction of sp³-hybridized carbons (Fsp3) is 0.308. The summed E-state index contributed by atoms with van der Waals surface area (Å²) >= 11 is 3.97. The number of carbonyl (C=O) groups is 1. The number of rotatable bonds is 3. The molecule has 100 valence electrons. The van der Waals surface area contributed by atoms with Crippen LogP contribution >= 0.6 is 34.4 Å². The van der Waals surface area contributed by atoms with E-state index in [1.165, 1.54) is 4.90 Å². The van der Waals surface area contributed by atoms with E-state index in [2.05, 4.69) is 27.9 Å². The van der Waals surface area contributed by atoms with Gasteiger partial charge in [-0.2, -0.15) is 0 Å². The number of thioether (sulfide) groups is 1. The van der Waals surface area contributed by atoms with Crippen molar-refractivity contribution in [1.82, 2.24) is 0 Å².